The maximum absolute atomic E-state index is 13.4. The van der Waals surface area contributed by atoms with Crippen molar-refractivity contribution in [1.29, 1.82) is 0 Å². The van der Waals surface area contributed by atoms with E-state index in [1.165, 1.54) is 0 Å². The number of halogens is 2. The van der Waals surface area contributed by atoms with Crippen LogP contribution in [0.25, 0.3) is 21.9 Å². The first-order valence-corrected chi connectivity index (χ1v) is 13.9. The molecule has 1 aliphatic rings. The number of hydrogen-bond acceptors (Lipinski definition) is 8. The molecule has 234 valence electrons. The Balaban J connectivity index is 0.00000221. The van der Waals surface area contributed by atoms with Gasteiger partial charge in [-0.15, -0.1) is 24.8 Å². The average Bonchev–Trinajstić information content (AvgIpc) is 3.69. The SMILES string of the molecule is CN1CCN(Cc2c(O)ccc3[nH]c(C(=O)c4cc5cc(NC(=O)Nc6cc(C(C)(C)C)on6)ccc5o4)cc23)CC1.Cl.Cl. The van der Waals surface area contributed by atoms with E-state index in [2.05, 4.69) is 37.6 Å². The van der Waals surface area contributed by atoms with E-state index in [0.717, 1.165) is 42.6 Å². The number of benzene rings is 2. The third kappa shape index (κ3) is 6.86. The minimum atomic E-state index is -0.475. The van der Waals surface area contributed by atoms with Crippen molar-refractivity contribution in [2.75, 3.05) is 43.9 Å². The van der Waals surface area contributed by atoms with Crippen LogP contribution in [-0.4, -0.2) is 70.1 Å². The Labute approximate surface area is 266 Å². The van der Waals surface area contributed by atoms with Crippen molar-refractivity contribution in [3.8, 4) is 5.75 Å². The zero-order valence-electron chi connectivity index (χ0n) is 24.9. The zero-order valence-corrected chi connectivity index (χ0v) is 26.5. The standard InChI is InChI=1S/C31H34N6O5.2ClH/c1-31(2,3)27-16-28(35-42-27)34-30(40)32-19-5-8-25-18(13-19)14-26(41-25)29(39)23-15-20-21(24(38)7-6-22(20)33-23)17-37-11-9-36(4)10-12-37;;/h5-8,13-16,33,38H,9-12,17H2,1-4H3,(H2,32,34,35,40);2*1H. The number of anilines is 2. The number of H-pyrrole nitrogens is 1. The van der Waals surface area contributed by atoms with Gasteiger partial charge in [-0.1, -0.05) is 25.9 Å². The van der Waals surface area contributed by atoms with Crippen molar-refractivity contribution in [2.45, 2.75) is 32.7 Å². The summed E-state index contributed by atoms with van der Waals surface area (Å²) >= 11 is 0. The Morgan fingerprint density at radius 1 is 1.00 bits per heavy atom. The summed E-state index contributed by atoms with van der Waals surface area (Å²) in [5, 5.41) is 21.5. The number of aromatic hydroxyl groups is 1. The molecule has 2 amide bonds. The predicted molar refractivity (Wildman–Crippen MR) is 175 cm³/mol. The summed E-state index contributed by atoms with van der Waals surface area (Å²) in [7, 11) is 2.11. The molecule has 5 aromatic rings. The summed E-state index contributed by atoms with van der Waals surface area (Å²) in [6.45, 7) is 10.4. The van der Waals surface area contributed by atoms with Crippen molar-refractivity contribution in [3.63, 3.8) is 0 Å². The maximum Gasteiger partial charge on any atom is 0.324 e. The Morgan fingerprint density at radius 2 is 1.75 bits per heavy atom. The highest BCUT2D eigenvalue weighted by atomic mass is 35.5. The summed E-state index contributed by atoms with van der Waals surface area (Å²) in [6.07, 6.45) is 0. The lowest BCUT2D eigenvalue weighted by Crippen LogP contribution is -2.43. The van der Waals surface area contributed by atoms with Crippen molar-refractivity contribution in [3.05, 3.63) is 71.3 Å². The van der Waals surface area contributed by atoms with E-state index in [0.29, 0.717) is 40.5 Å². The molecule has 0 atom stereocenters. The highest BCUT2D eigenvalue weighted by Crippen LogP contribution is 2.31. The van der Waals surface area contributed by atoms with Gasteiger partial charge in [-0.3, -0.25) is 15.0 Å². The zero-order chi connectivity index (χ0) is 29.6. The molecule has 0 bridgehead atoms. The molecule has 1 saturated heterocycles. The van der Waals surface area contributed by atoms with E-state index in [4.69, 9.17) is 8.94 Å². The highest BCUT2D eigenvalue weighted by molar-refractivity contribution is 6.10. The molecule has 0 radical (unpaired) electrons. The van der Waals surface area contributed by atoms with Gasteiger partial charge in [0.1, 0.15) is 17.1 Å². The number of nitrogens with zero attached hydrogens (tertiary/aromatic N) is 3. The smallest absolute Gasteiger partial charge is 0.324 e. The first-order chi connectivity index (χ1) is 20.0. The van der Waals surface area contributed by atoms with E-state index >= 15 is 0 Å². The second-order valence-corrected chi connectivity index (χ2v) is 11.9. The van der Waals surface area contributed by atoms with Crippen LogP contribution < -0.4 is 10.6 Å². The lowest BCUT2D eigenvalue weighted by Gasteiger charge is -2.32. The molecule has 44 heavy (non-hydrogen) atoms. The number of phenolic OH excluding ortho intramolecular Hbond substituents is 1. The largest absolute Gasteiger partial charge is 0.508 e. The Kier molecular flexibility index (Phi) is 9.65. The first kappa shape index (κ1) is 32.9. The van der Waals surface area contributed by atoms with E-state index in [1.807, 2.05) is 20.8 Å². The summed E-state index contributed by atoms with van der Waals surface area (Å²) < 4.78 is 11.2. The predicted octanol–water partition coefficient (Wildman–Crippen LogP) is 6.37. The average molecular weight is 644 g/mol. The molecule has 6 rings (SSSR count). The van der Waals surface area contributed by atoms with Crippen molar-refractivity contribution < 1.29 is 23.6 Å². The molecule has 2 aromatic carbocycles. The maximum atomic E-state index is 13.4. The van der Waals surface area contributed by atoms with Crippen LogP contribution in [0.4, 0.5) is 16.3 Å². The second-order valence-electron chi connectivity index (χ2n) is 11.9. The number of phenols is 1. The number of fused-ring (bicyclic) bond motifs is 2. The van der Waals surface area contributed by atoms with Crippen LogP contribution in [0, 0.1) is 0 Å². The van der Waals surface area contributed by atoms with Crippen LogP contribution >= 0.6 is 24.8 Å². The first-order valence-electron chi connectivity index (χ1n) is 13.9. The molecule has 4 N–H and O–H groups in total. The minimum absolute atomic E-state index is 0. The van der Waals surface area contributed by atoms with E-state index in [-0.39, 0.29) is 47.5 Å². The molecule has 3 aromatic heterocycles. The topological polar surface area (TPSA) is 140 Å². The molecule has 1 fully saturated rings. The number of urea groups is 1. The van der Waals surface area contributed by atoms with Gasteiger partial charge >= 0.3 is 6.03 Å². The van der Waals surface area contributed by atoms with Gasteiger partial charge in [0.05, 0.1) is 5.69 Å². The molecule has 13 heteroatoms. The van der Waals surface area contributed by atoms with Gasteiger partial charge in [0.25, 0.3) is 0 Å². The van der Waals surface area contributed by atoms with E-state index in [1.54, 1.807) is 48.5 Å². The number of ketones is 1. The molecule has 0 spiro atoms. The molecular formula is C31H36Cl2N6O5. The second kappa shape index (κ2) is 12.9. The summed E-state index contributed by atoms with van der Waals surface area (Å²) in [5.41, 5.74) is 2.75. The van der Waals surface area contributed by atoms with Crippen LogP contribution in [0.3, 0.4) is 0 Å². The third-order valence-corrected chi connectivity index (χ3v) is 7.60. The van der Waals surface area contributed by atoms with Gasteiger partial charge < -0.3 is 29.2 Å². The highest BCUT2D eigenvalue weighted by Gasteiger charge is 2.22. The Hall–Kier alpha value is -4.03. The number of carbonyl (C=O) groups excluding carboxylic acids is 2. The fourth-order valence-corrected chi connectivity index (χ4v) is 5.10. The molecule has 0 saturated carbocycles. The van der Waals surface area contributed by atoms with Crippen molar-refractivity contribution >= 4 is 70.0 Å². The van der Waals surface area contributed by atoms with Gasteiger partial charge in [-0.25, -0.2) is 4.79 Å². The fourth-order valence-electron chi connectivity index (χ4n) is 5.10. The summed E-state index contributed by atoms with van der Waals surface area (Å²) in [4.78, 5) is 33.8. The van der Waals surface area contributed by atoms with E-state index < -0.39 is 6.03 Å². The molecule has 11 nitrogen and oxygen atoms in total. The number of furan rings is 1. The van der Waals surface area contributed by atoms with Crippen LogP contribution in [0.15, 0.2) is 57.5 Å². The monoisotopic (exact) mass is 642 g/mol. The lowest BCUT2D eigenvalue weighted by molar-refractivity contribution is 0.101. The van der Waals surface area contributed by atoms with E-state index in [9.17, 15) is 14.7 Å². The normalized spacial score (nSPS) is 14.3. The number of piperazine rings is 1. The third-order valence-electron chi connectivity index (χ3n) is 7.60. The number of amides is 2. The number of aromatic amines is 1. The Bertz CT molecular complexity index is 1800. The molecule has 1 aliphatic heterocycles. The summed E-state index contributed by atoms with van der Waals surface area (Å²) in [6, 6.07) is 13.2. The Morgan fingerprint density at radius 3 is 2.45 bits per heavy atom. The van der Waals surface area contributed by atoms with Crippen LogP contribution in [0.5, 0.6) is 5.75 Å². The van der Waals surface area contributed by atoms with Gasteiger partial charge in [-0.05, 0) is 49.5 Å². The van der Waals surface area contributed by atoms with Gasteiger partial charge in [0.2, 0.25) is 5.78 Å². The number of likely N-dealkylation sites (N-methyl/N-ethyl adjacent to an activating group) is 1. The fraction of sp³-hybridized carbons (Fsp3) is 0.323. The van der Waals surface area contributed by atoms with Crippen LogP contribution in [-0.2, 0) is 12.0 Å². The van der Waals surface area contributed by atoms with Crippen LogP contribution in [0.2, 0.25) is 0 Å². The number of aromatic nitrogens is 2. The quantitative estimate of drug-likeness (QED) is 0.157. The van der Waals surface area contributed by atoms with Gasteiger partial charge in [0.15, 0.2) is 11.6 Å². The minimum Gasteiger partial charge on any atom is -0.508 e. The van der Waals surface area contributed by atoms with Gasteiger partial charge in [-0.2, -0.15) is 0 Å². The van der Waals surface area contributed by atoms with Gasteiger partial charge in [0, 0.05) is 71.7 Å². The van der Waals surface area contributed by atoms with Crippen LogP contribution in [0.1, 0.15) is 48.3 Å². The van der Waals surface area contributed by atoms with Crippen molar-refractivity contribution in [1.82, 2.24) is 19.9 Å². The molecule has 0 aliphatic carbocycles. The molecular weight excluding hydrogens is 607 g/mol. The lowest BCUT2D eigenvalue weighted by atomic mass is 9.93. The summed E-state index contributed by atoms with van der Waals surface area (Å²) in [5.74, 6) is 1.05. The van der Waals surface area contributed by atoms with Crippen molar-refractivity contribution in [2.24, 2.45) is 0 Å². The molecule has 4 heterocycles. The molecule has 0 unspecified atom stereocenters. The number of hydrogen-bond donors (Lipinski definition) is 4. The number of carbonyl (C=O) groups is 2. The number of rotatable bonds is 6. The number of nitrogens with one attached hydrogen (secondary N) is 3.